The maximum absolute atomic E-state index is 11.9. The van der Waals surface area contributed by atoms with Gasteiger partial charge < -0.3 is 0 Å². The van der Waals surface area contributed by atoms with Crippen LogP contribution in [0.25, 0.3) is 10.8 Å². The number of fused-ring (bicyclic) bond motifs is 1. The Balaban J connectivity index is 2.07. The number of rotatable bonds is 4. The monoisotopic (exact) mass is 374 g/mol. The molecule has 4 rings (SSSR count). The van der Waals surface area contributed by atoms with E-state index in [9.17, 15) is 13.0 Å². The first kappa shape index (κ1) is 17.5. The van der Waals surface area contributed by atoms with Gasteiger partial charge in [-0.1, -0.05) is 84.9 Å². The third-order valence-corrected chi connectivity index (χ3v) is 5.57. The highest BCUT2D eigenvalue weighted by molar-refractivity contribution is 7.85. The summed E-state index contributed by atoms with van der Waals surface area (Å²) < 4.78 is 33.4. The summed E-state index contributed by atoms with van der Waals surface area (Å²) in [6.45, 7) is 0. The minimum atomic E-state index is -4.31. The fraction of sp³-hybridized carbons (Fsp3) is 0.0435. The molecule has 3 nitrogen and oxygen atoms in total. The maximum Gasteiger partial charge on any atom is 0.294 e. The van der Waals surface area contributed by atoms with Crippen molar-refractivity contribution in [3.8, 4) is 0 Å². The molecule has 0 spiro atoms. The summed E-state index contributed by atoms with van der Waals surface area (Å²) in [6, 6.07) is 30.7. The van der Waals surface area contributed by atoms with Crippen LogP contribution in [0.4, 0.5) is 0 Å². The SMILES string of the molecule is O=S(=O)(O)c1cc(C(c2ccccc2)c2ccccc2)c2ccccc2c1. The summed E-state index contributed by atoms with van der Waals surface area (Å²) in [5.41, 5.74) is 2.96. The molecule has 0 aromatic heterocycles. The van der Waals surface area contributed by atoms with Crippen LogP contribution in [0, 0.1) is 0 Å². The van der Waals surface area contributed by atoms with Crippen LogP contribution in [0.3, 0.4) is 0 Å². The zero-order valence-corrected chi connectivity index (χ0v) is 15.3. The second kappa shape index (κ2) is 6.99. The number of hydrogen-bond acceptors (Lipinski definition) is 2. The zero-order valence-electron chi connectivity index (χ0n) is 14.5. The van der Waals surface area contributed by atoms with Gasteiger partial charge in [0.15, 0.2) is 0 Å². The lowest BCUT2D eigenvalue weighted by atomic mass is 9.83. The predicted molar refractivity (Wildman–Crippen MR) is 108 cm³/mol. The fourth-order valence-corrected chi connectivity index (χ4v) is 4.09. The van der Waals surface area contributed by atoms with Crippen LogP contribution in [0.1, 0.15) is 22.6 Å². The van der Waals surface area contributed by atoms with E-state index in [1.54, 1.807) is 6.07 Å². The van der Waals surface area contributed by atoms with Crippen LogP contribution in [-0.4, -0.2) is 13.0 Å². The first-order chi connectivity index (χ1) is 13.0. The van der Waals surface area contributed by atoms with E-state index in [4.69, 9.17) is 0 Å². The summed E-state index contributed by atoms with van der Waals surface area (Å²) in [5.74, 6) is -0.154. The van der Waals surface area contributed by atoms with Crippen molar-refractivity contribution in [2.45, 2.75) is 10.8 Å². The van der Waals surface area contributed by atoms with Crippen LogP contribution in [0.2, 0.25) is 0 Å². The Morgan fingerprint density at radius 3 is 1.74 bits per heavy atom. The lowest BCUT2D eigenvalue weighted by Gasteiger charge is -2.21. The van der Waals surface area contributed by atoms with E-state index in [0.29, 0.717) is 0 Å². The minimum Gasteiger partial charge on any atom is -0.282 e. The zero-order chi connectivity index (χ0) is 18.9. The lowest BCUT2D eigenvalue weighted by molar-refractivity contribution is 0.483. The van der Waals surface area contributed by atoms with E-state index in [2.05, 4.69) is 0 Å². The van der Waals surface area contributed by atoms with Crippen LogP contribution >= 0.6 is 0 Å². The first-order valence-corrected chi connectivity index (χ1v) is 10.1. The molecule has 0 bridgehead atoms. The Hall–Kier alpha value is -2.95. The molecule has 0 amide bonds. The second-order valence-electron chi connectivity index (χ2n) is 6.46. The van der Waals surface area contributed by atoms with Crippen LogP contribution in [-0.2, 0) is 10.1 Å². The van der Waals surface area contributed by atoms with E-state index in [-0.39, 0.29) is 10.8 Å². The minimum absolute atomic E-state index is 0.0898. The molecule has 0 aliphatic rings. The topological polar surface area (TPSA) is 54.4 Å². The molecule has 0 radical (unpaired) electrons. The third kappa shape index (κ3) is 3.50. The van der Waals surface area contributed by atoms with Crippen molar-refractivity contribution < 1.29 is 13.0 Å². The Labute approximate surface area is 158 Å². The van der Waals surface area contributed by atoms with Gasteiger partial charge in [-0.15, -0.1) is 0 Å². The van der Waals surface area contributed by atoms with Crippen molar-refractivity contribution in [3.63, 3.8) is 0 Å². The van der Waals surface area contributed by atoms with Gasteiger partial charge in [-0.25, -0.2) is 0 Å². The first-order valence-electron chi connectivity index (χ1n) is 8.64. The molecule has 0 atom stereocenters. The van der Waals surface area contributed by atoms with Crippen molar-refractivity contribution in [1.29, 1.82) is 0 Å². The number of hydrogen-bond donors (Lipinski definition) is 1. The van der Waals surface area contributed by atoms with E-state index >= 15 is 0 Å². The largest absolute Gasteiger partial charge is 0.294 e. The summed E-state index contributed by atoms with van der Waals surface area (Å²) in [7, 11) is -4.31. The normalized spacial score (nSPS) is 11.8. The van der Waals surface area contributed by atoms with Gasteiger partial charge in [0.2, 0.25) is 0 Å². The predicted octanol–water partition coefficient (Wildman–Crippen LogP) is 5.27. The lowest BCUT2D eigenvalue weighted by Crippen LogP contribution is -2.07. The van der Waals surface area contributed by atoms with E-state index < -0.39 is 10.1 Å². The van der Waals surface area contributed by atoms with Gasteiger partial charge in [0.05, 0.1) is 4.90 Å². The van der Waals surface area contributed by atoms with Gasteiger partial charge in [0.1, 0.15) is 0 Å². The van der Waals surface area contributed by atoms with Crippen molar-refractivity contribution in [1.82, 2.24) is 0 Å². The second-order valence-corrected chi connectivity index (χ2v) is 7.88. The molecule has 0 aliphatic heterocycles. The van der Waals surface area contributed by atoms with Crippen LogP contribution < -0.4 is 0 Å². The molecule has 0 aliphatic carbocycles. The summed E-state index contributed by atoms with van der Waals surface area (Å²) in [6.07, 6.45) is 0. The van der Waals surface area contributed by atoms with E-state index in [1.165, 1.54) is 6.07 Å². The molecule has 0 fully saturated rings. The molecular weight excluding hydrogens is 356 g/mol. The molecule has 0 saturated carbocycles. The Bertz CT molecular complexity index is 1140. The molecule has 0 heterocycles. The van der Waals surface area contributed by atoms with Crippen molar-refractivity contribution in [2.75, 3.05) is 0 Å². The summed E-state index contributed by atoms with van der Waals surface area (Å²) in [5, 5.41) is 1.74. The van der Waals surface area contributed by atoms with Gasteiger partial charge in [0.25, 0.3) is 10.1 Å². The highest BCUT2D eigenvalue weighted by atomic mass is 32.2. The molecular formula is C23H18O3S. The van der Waals surface area contributed by atoms with E-state index in [1.807, 2.05) is 84.9 Å². The van der Waals surface area contributed by atoms with Crippen LogP contribution in [0.5, 0.6) is 0 Å². The van der Waals surface area contributed by atoms with Gasteiger partial charge in [-0.3, -0.25) is 4.55 Å². The molecule has 1 N–H and O–H groups in total. The average Bonchev–Trinajstić information content (AvgIpc) is 2.69. The molecule has 4 heteroatoms. The summed E-state index contributed by atoms with van der Waals surface area (Å²) in [4.78, 5) is -0.0898. The molecule has 27 heavy (non-hydrogen) atoms. The van der Waals surface area contributed by atoms with Gasteiger partial charge in [-0.05, 0) is 39.6 Å². The van der Waals surface area contributed by atoms with E-state index in [0.717, 1.165) is 27.5 Å². The quantitative estimate of drug-likeness (QED) is 0.391. The Morgan fingerprint density at radius 1 is 0.667 bits per heavy atom. The highest BCUT2D eigenvalue weighted by Crippen LogP contribution is 2.37. The van der Waals surface area contributed by atoms with Crippen molar-refractivity contribution >= 4 is 20.9 Å². The van der Waals surface area contributed by atoms with Gasteiger partial charge >= 0.3 is 0 Å². The standard InChI is InChI=1S/C23H18O3S/c24-27(25,26)20-15-19-13-7-8-14-21(19)22(16-20)23(17-9-3-1-4-10-17)18-11-5-2-6-12-18/h1-16,23H,(H,24,25,26). The smallest absolute Gasteiger partial charge is 0.282 e. The Kier molecular flexibility index (Phi) is 4.52. The van der Waals surface area contributed by atoms with Crippen molar-refractivity contribution in [3.05, 3.63) is 114 Å². The Morgan fingerprint density at radius 2 is 1.19 bits per heavy atom. The molecule has 4 aromatic rings. The molecule has 134 valence electrons. The molecule has 0 unspecified atom stereocenters. The molecule has 4 aromatic carbocycles. The average molecular weight is 374 g/mol. The maximum atomic E-state index is 11.9. The summed E-state index contributed by atoms with van der Waals surface area (Å²) >= 11 is 0. The molecule has 0 saturated heterocycles. The van der Waals surface area contributed by atoms with Crippen LogP contribution in [0.15, 0.2) is 102 Å². The highest BCUT2D eigenvalue weighted by Gasteiger charge is 2.22. The fourth-order valence-electron chi connectivity index (χ4n) is 3.54. The number of benzene rings is 4. The third-order valence-electron chi connectivity index (χ3n) is 4.74. The van der Waals surface area contributed by atoms with Gasteiger partial charge in [-0.2, -0.15) is 8.42 Å². The van der Waals surface area contributed by atoms with Crippen molar-refractivity contribution in [2.24, 2.45) is 0 Å². The van der Waals surface area contributed by atoms with Gasteiger partial charge in [0, 0.05) is 5.92 Å².